The Morgan fingerprint density at radius 3 is 0.909 bits per heavy atom. The SMILES string of the molecule is CCCCCCCCC(CCCCCC)COC(=O)CC(=O)OCC(C)(C)C(C(=O)NCCC(=O)OCCN(C)C)C(CCC(=O)O)(CC(CCCCCC)CCCCCCCC)C(=O)O.CCCCCCCCC(CCCCCC)COC(=O)CCCC(=O)OC(C(=O)NCCC(=O)OCCN(C)C)C(C)(C)COC(=O)CC(=O)OCC(CCCCCC)CCCCCCCC. The summed E-state index contributed by atoms with van der Waals surface area (Å²) in [5.74, 6) is -9.71. The predicted octanol–water partition coefficient (Wildman–Crippen LogP) is 23.1. The number of nitrogens with one attached hydrogen (secondary N) is 2. The number of likely N-dealkylation sites (N-methyl/N-ethyl adjacent to an activating group) is 2. The molecule has 0 saturated carbocycles. The maximum atomic E-state index is 14.6. The average Bonchev–Trinajstić information content (AvgIpc) is 0.754. The minimum atomic E-state index is -1.87. The molecule has 0 aliphatic rings. The molecule has 4 N–H and O–H groups in total. The minimum absolute atomic E-state index is 0.0250. The second kappa shape index (κ2) is 83.9. The maximum Gasteiger partial charge on any atom is 0.317 e. The number of hydrogen-bond donors (Lipinski definition) is 4. The molecule has 0 saturated heterocycles. The lowest BCUT2D eigenvalue weighted by atomic mass is 9.57. The van der Waals surface area contributed by atoms with Gasteiger partial charge in [0, 0.05) is 56.3 Å². The van der Waals surface area contributed by atoms with Gasteiger partial charge in [-0.05, 0) is 110 Å². The van der Waals surface area contributed by atoms with Crippen LogP contribution >= 0.6 is 0 Å². The van der Waals surface area contributed by atoms with E-state index in [1.165, 1.54) is 109 Å². The molecule has 0 radical (unpaired) electrons. The van der Waals surface area contributed by atoms with Crippen molar-refractivity contribution in [2.24, 2.45) is 45.8 Å². The van der Waals surface area contributed by atoms with Gasteiger partial charge in [0.2, 0.25) is 5.91 Å². The van der Waals surface area contributed by atoms with Crippen LogP contribution in [0.5, 0.6) is 0 Å². The van der Waals surface area contributed by atoms with Crippen LogP contribution in [-0.4, -0.2) is 198 Å². The number of carboxylic acid groups (broad SMARTS) is 2. The van der Waals surface area contributed by atoms with E-state index in [0.29, 0.717) is 25.6 Å². The third kappa shape index (κ3) is 71.1. The first kappa shape index (κ1) is 128. The number of amides is 2. The number of unbranched alkanes of at least 4 members (excludes halogenated alkanes) is 32. The number of esters is 8. The standard InChI is InChI=1S/2C53H98N2O11/c1-9-13-17-21-23-27-32-44(30-25-19-15-11-3)41-63-46(56)34-29-35-48(58)66-51(52(61)54-37-36-47(57)62-39-38-55(7)8)53(5,6)43-65-50(60)40-49(59)64-42-45(31-26-20-16-12-4)33-28-24-22-18-14-10-2;1-9-13-17-21-23-27-30-43(29-25-19-15-11-3)40-53(51(62)63,35-33-45(56)57)49(50(61)54-36-34-46(58)64-38-37-55(7)8)52(5,6)42-66-48(60)39-47(59)65-41-44(31-26-20-16-12-4)32-28-24-22-18-14-10-2/h44-45,51H,9-43H2,1-8H3,(H,54,61);43-44,49H,9-42H2,1-8H3,(H,54,61)(H,56,57)(H,62,63). The molecule has 0 rings (SSSR count). The van der Waals surface area contributed by atoms with Crippen LogP contribution in [0.4, 0.5) is 0 Å². The first-order valence-corrected chi connectivity index (χ1v) is 52.8. The van der Waals surface area contributed by atoms with Crippen molar-refractivity contribution in [3.8, 4) is 0 Å². The molecule has 772 valence electrons. The zero-order chi connectivity index (χ0) is 98.9. The van der Waals surface area contributed by atoms with E-state index < -0.39 is 120 Å². The van der Waals surface area contributed by atoms with E-state index >= 15 is 0 Å². The van der Waals surface area contributed by atoms with Crippen LogP contribution in [0, 0.1) is 45.8 Å². The number of hydrogen-bond acceptors (Lipinski definition) is 22. The van der Waals surface area contributed by atoms with Crippen molar-refractivity contribution in [2.75, 3.05) is 101 Å². The second-order valence-electron chi connectivity index (χ2n) is 39.6. The number of rotatable bonds is 90. The molecule has 7 unspecified atom stereocenters. The van der Waals surface area contributed by atoms with Crippen molar-refractivity contribution in [1.29, 1.82) is 0 Å². The molecule has 7 atom stereocenters. The molecule has 2 amide bonds. The lowest BCUT2D eigenvalue weighted by molar-refractivity contribution is -0.171. The quantitative estimate of drug-likeness (QED) is 0.0190. The fraction of sp³-hybridized carbons (Fsp3) is 0.887. The molecule has 0 aromatic rings. The zero-order valence-corrected chi connectivity index (χ0v) is 86.7. The van der Waals surface area contributed by atoms with E-state index in [4.69, 9.17) is 37.9 Å². The van der Waals surface area contributed by atoms with Gasteiger partial charge in [0.1, 0.15) is 32.7 Å². The summed E-state index contributed by atoms with van der Waals surface area (Å²) in [6, 6.07) is 0. The number of carboxylic acids is 2. The van der Waals surface area contributed by atoms with E-state index in [0.717, 1.165) is 199 Å². The molecule has 26 heteroatoms. The summed E-state index contributed by atoms with van der Waals surface area (Å²) < 4.78 is 44.4. The van der Waals surface area contributed by atoms with Gasteiger partial charge >= 0.3 is 59.7 Å². The van der Waals surface area contributed by atoms with Crippen molar-refractivity contribution in [3.05, 3.63) is 0 Å². The van der Waals surface area contributed by atoms with Crippen LogP contribution in [0.15, 0.2) is 0 Å². The Hall–Kier alpha value is -6.44. The van der Waals surface area contributed by atoms with Crippen LogP contribution in [0.2, 0.25) is 0 Å². The van der Waals surface area contributed by atoms with Crippen LogP contribution < -0.4 is 10.6 Å². The van der Waals surface area contributed by atoms with Crippen LogP contribution in [0.25, 0.3) is 0 Å². The van der Waals surface area contributed by atoms with Crippen molar-refractivity contribution in [3.63, 3.8) is 0 Å². The van der Waals surface area contributed by atoms with Gasteiger partial charge in [-0.3, -0.25) is 57.5 Å². The predicted molar refractivity (Wildman–Crippen MR) is 526 cm³/mol. The van der Waals surface area contributed by atoms with Crippen LogP contribution in [0.1, 0.15) is 455 Å². The highest BCUT2D eigenvalue weighted by atomic mass is 16.6. The fourth-order valence-electron chi connectivity index (χ4n) is 17.0. The van der Waals surface area contributed by atoms with Crippen molar-refractivity contribution in [1.82, 2.24) is 20.4 Å². The van der Waals surface area contributed by atoms with Crippen LogP contribution in [0.3, 0.4) is 0 Å². The van der Waals surface area contributed by atoms with Gasteiger partial charge in [-0.15, -0.1) is 0 Å². The van der Waals surface area contributed by atoms with Crippen molar-refractivity contribution < 1.29 is 106 Å². The molecule has 0 aromatic heterocycles. The summed E-state index contributed by atoms with van der Waals surface area (Å²) in [5, 5.41) is 26.8. The van der Waals surface area contributed by atoms with Crippen molar-refractivity contribution >= 4 is 71.5 Å². The number of nitrogens with zero attached hydrogens (tertiary/aromatic N) is 2. The molecular formula is C106H196N4O22. The number of carbonyl (C=O) groups excluding carboxylic acids is 10. The van der Waals surface area contributed by atoms with Gasteiger partial charge in [0.25, 0.3) is 5.91 Å². The summed E-state index contributed by atoms with van der Waals surface area (Å²) in [6.07, 6.45) is 49.3. The minimum Gasteiger partial charge on any atom is -0.481 e. The monoisotopic (exact) mass is 1880 g/mol. The smallest absolute Gasteiger partial charge is 0.317 e. The van der Waals surface area contributed by atoms with Crippen molar-refractivity contribution in [2.45, 2.75) is 462 Å². The van der Waals surface area contributed by atoms with Gasteiger partial charge in [0.15, 0.2) is 6.10 Å². The molecule has 26 nitrogen and oxygen atoms in total. The normalized spacial score (nSPS) is 13.4. The van der Waals surface area contributed by atoms with E-state index in [9.17, 15) is 67.7 Å². The van der Waals surface area contributed by atoms with Gasteiger partial charge in [-0.2, -0.15) is 0 Å². The Labute approximate surface area is 801 Å². The molecule has 0 fully saturated rings. The summed E-state index contributed by atoms with van der Waals surface area (Å²) in [6.45, 7) is 25.3. The van der Waals surface area contributed by atoms with Crippen LogP contribution in [-0.2, 0) is 95.4 Å². The summed E-state index contributed by atoms with van der Waals surface area (Å²) in [5.41, 5.74) is -4.48. The Bertz CT molecular complexity index is 2980. The maximum absolute atomic E-state index is 14.6. The highest BCUT2D eigenvalue weighted by Crippen LogP contribution is 2.50. The molecule has 0 aliphatic heterocycles. The molecular weight excluding hydrogens is 1680 g/mol. The number of carbonyl (C=O) groups is 12. The molecule has 132 heavy (non-hydrogen) atoms. The third-order valence-corrected chi connectivity index (χ3v) is 25.2. The molecule has 0 aromatic carbocycles. The Kier molecular flexibility index (Phi) is 81.1. The molecule has 0 heterocycles. The van der Waals surface area contributed by atoms with E-state index in [-0.39, 0.29) is 115 Å². The first-order valence-electron chi connectivity index (χ1n) is 52.8. The lowest BCUT2D eigenvalue weighted by Gasteiger charge is -2.46. The molecule has 0 spiro atoms. The van der Waals surface area contributed by atoms with E-state index in [1.807, 2.05) is 38.0 Å². The Morgan fingerprint density at radius 2 is 0.583 bits per heavy atom. The summed E-state index contributed by atoms with van der Waals surface area (Å²) in [4.78, 5) is 161. The largest absolute Gasteiger partial charge is 0.481 e. The highest BCUT2D eigenvalue weighted by molar-refractivity contribution is 5.92. The van der Waals surface area contributed by atoms with Gasteiger partial charge in [-0.1, -0.05) is 353 Å². The third-order valence-electron chi connectivity index (χ3n) is 25.2. The average molecular weight is 1880 g/mol. The van der Waals surface area contributed by atoms with Gasteiger partial charge in [0.05, 0.1) is 50.6 Å². The van der Waals surface area contributed by atoms with E-state index in [2.05, 4.69) is 66.0 Å². The first-order chi connectivity index (χ1) is 63.2. The molecule has 0 aliphatic carbocycles. The Morgan fingerprint density at radius 1 is 0.303 bits per heavy atom. The topological polar surface area (TPSA) is 350 Å². The summed E-state index contributed by atoms with van der Waals surface area (Å²) >= 11 is 0. The number of ether oxygens (including phenoxy) is 8. The highest BCUT2D eigenvalue weighted by Gasteiger charge is 2.57. The van der Waals surface area contributed by atoms with Gasteiger partial charge in [-0.25, -0.2) is 0 Å². The summed E-state index contributed by atoms with van der Waals surface area (Å²) in [7, 11) is 7.43. The second-order valence-corrected chi connectivity index (χ2v) is 39.6. The Balaban J connectivity index is 0. The van der Waals surface area contributed by atoms with Gasteiger partial charge < -0.3 is 68.5 Å². The zero-order valence-electron chi connectivity index (χ0n) is 86.7. The number of aliphatic carboxylic acids is 2. The lowest BCUT2D eigenvalue weighted by Crippen LogP contribution is -2.55. The van der Waals surface area contributed by atoms with E-state index in [1.54, 1.807) is 27.7 Å². The fourth-order valence-corrected chi connectivity index (χ4v) is 17.0. The molecule has 0 bridgehead atoms.